The van der Waals surface area contributed by atoms with Gasteiger partial charge in [0.1, 0.15) is 11.9 Å². The molecule has 6 heteroatoms. The number of hydrogen-bond acceptors (Lipinski definition) is 3. The summed E-state index contributed by atoms with van der Waals surface area (Å²) in [6.07, 6.45) is -0.304. The maximum absolute atomic E-state index is 13.8. The highest BCUT2D eigenvalue weighted by Crippen LogP contribution is 2.35. The van der Waals surface area contributed by atoms with Crippen LogP contribution in [0.15, 0.2) is 18.2 Å². The van der Waals surface area contributed by atoms with Gasteiger partial charge in [0.2, 0.25) is 5.91 Å². The quantitative estimate of drug-likeness (QED) is 0.893. The number of aliphatic hydroxyl groups is 1. The molecule has 1 heterocycles. The molecule has 2 rings (SSSR count). The molecule has 1 amide bonds. The second-order valence-electron chi connectivity index (χ2n) is 6.03. The third-order valence-electron chi connectivity index (χ3n) is 4.09. The van der Waals surface area contributed by atoms with Gasteiger partial charge in [-0.2, -0.15) is 0 Å². The van der Waals surface area contributed by atoms with Crippen molar-refractivity contribution in [3.05, 3.63) is 34.6 Å². The number of aliphatic hydroxyl groups excluding tert-OH is 1. The van der Waals surface area contributed by atoms with E-state index in [0.29, 0.717) is 0 Å². The number of likely N-dealkylation sites (tertiary alicyclic amines) is 1. The number of benzene rings is 1. The van der Waals surface area contributed by atoms with E-state index in [1.165, 1.54) is 19.1 Å². The van der Waals surface area contributed by atoms with E-state index in [1.54, 1.807) is 6.07 Å². The first-order valence-electron chi connectivity index (χ1n) is 7.50. The van der Waals surface area contributed by atoms with E-state index in [-0.39, 0.29) is 23.1 Å². The lowest BCUT2D eigenvalue weighted by Gasteiger charge is -2.32. The first-order valence-corrected chi connectivity index (χ1v) is 7.88. The van der Waals surface area contributed by atoms with E-state index in [9.17, 15) is 14.3 Å². The van der Waals surface area contributed by atoms with Gasteiger partial charge in [-0.05, 0) is 44.9 Å². The van der Waals surface area contributed by atoms with Crippen LogP contribution < -0.4 is 5.32 Å². The molecule has 0 spiro atoms. The highest BCUT2D eigenvalue weighted by atomic mass is 35.5. The lowest BCUT2D eigenvalue weighted by molar-refractivity contribution is -0.129. The first-order chi connectivity index (χ1) is 10.3. The van der Waals surface area contributed by atoms with Gasteiger partial charge < -0.3 is 10.4 Å². The number of carbonyl (C=O) groups is 1. The molecule has 22 heavy (non-hydrogen) atoms. The van der Waals surface area contributed by atoms with Gasteiger partial charge in [0.15, 0.2) is 0 Å². The number of amides is 1. The zero-order valence-corrected chi connectivity index (χ0v) is 13.8. The van der Waals surface area contributed by atoms with Gasteiger partial charge in [-0.15, -0.1) is 0 Å². The minimum Gasteiger partial charge on any atom is -0.384 e. The fourth-order valence-electron chi connectivity index (χ4n) is 2.97. The van der Waals surface area contributed by atoms with Crippen LogP contribution in [0.25, 0.3) is 0 Å². The molecule has 4 nitrogen and oxygen atoms in total. The Labute approximate surface area is 135 Å². The second kappa shape index (κ2) is 6.94. The predicted octanol–water partition coefficient (Wildman–Crippen LogP) is 2.50. The normalized spacial score (nSPS) is 23.8. The Balaban J connectivity index is 2.30. The molecule has 1 aliphatic rings. The molecule has 0 radical (unpaired) electrons. The molecular formula is C16H22ClFN2O2. The zero-order valence-electron chi connectivity index (χ0n) is 13.0. The van der Waals surface area contributed by atoms with Crippen LogP contribution in [-0.4, -0.2) is 40.6 Å². The Morgan fingerprint density at radius 3 is 2.68 bits per heavy atom. The molecule has 0 saturated carbocycles. The largest absolute Gasteiger partial charge is 0.384 e. The van der Waals surface area contributed by atoms with Gasteiger partial charge in [-0.1, -0.05) is 17.7 Å². The second-order valence-corrected chi connectivity index (χ2v) is 6.44. The van der Waals surface area contributed by atoms with Gasteiger partial charge >= 0.3 is 0 Å². The van der Waals surface area contributed by atoms with Crippen molar-refractivity contribution < 1.29 is 14.3 Å². The molecule has 0 aliphatic carbocycles. The summed E-state index contributed by atoms with van der Waals surface area (Å²) in [7, 11) is 0. The van der Waals surface area contributed by atoms with E-state index >= 15 is 0 Å². The van der Waals surface area contributed by atoms with E-state index < -0.39 is 17.8 Å². The first kappa shape index (κ1) is 17.2. The molecule has 3 atom stereocenters. The molecule has 2 N–H and O–H groups in total. The molecule has 1 aromatic rings. The Morgan fingerprint density at radius 2 is 2.14 bits per heavy atom. The molecule has 3 unspecified atom stereocenters. The molecule has 1 fully saturated rings. The maximum atomic E-state index is 13.8. The standard InChI is InChI=1S/C16H22ClFN2O2/c1-9(2)20-7-6-14(19-16(22)10(3)21)15(20)11-4-5-12(17)13(18)8-11/h4-5,8-10,14-15,21H,6-7H2,1-3H3,(H,19,22). The fourth-order valence-corrected chi connectivity index (χ4v) is 3.09. The fraction of sp³-hybridized carbons (Fsp3) is 0.562. The van der Waals surface area contributed by atoms with Crippen LogP contribution in [0.1, 0.15) is 38.8 Å². The van der Waals surface area contributed by atoms with E-state index in [1.807, 2.05) is 0 Å². The minimum absolute atomic E-state index is 0.0856. The number of nitrogens with zero attached hydrogens (tertiary/aromatic N) is 1. The molecule has 1 aliphatic heterocycles. The van der Waals surface area contributed by atoms with E-state index in [4.69, 9.17) is 11.6 Å². The Morgan fingerprint density at radius 1 is 1.45 bits per heavy atom. The van der Waals surface area contributed by atoms with Crippen molar-refractivity contribution in [2.24, 2.45) is 0 Å². The molecule has 0 aromatic heterocycles. The van der Waals surface area contributed by atoms with Crippen LogP contribution in [0.5, 0.6) is 0 Å². The molecular weight excluding hydrogens is 307 g/mol. The third-order valence-corrected chi connectivity index (χ3v) is 4.40. The van der Waals surface area contributed by atoms with Gasteiger partial charge in [0.05, 0.1) is 11.1 Å². The van der Waals surface area contributed by atoms with Crippen LogP contribution in [0.4, 0.5) is 4.39 Å². The lowest BCUT2D eigenvalue weighted by atomic mass is 9.99. The number of carbonyl (C=O) groups excluding carboxylic acids is 1. The van der Waals surface area contributed by atoms with Crippen molar-refractivity contribution in [2.45, 2.75) is 51.4 Å². The van der Waals surface area contributed by atoms with Gasteiger partial charge in [0.25, 0.3) is 0 Å². The van der Waals surface area contributed by atoms with Crippen LogP contribution >= 0.6 is 11.6 Å². The Bertz CT molecular complexity index is 551. The highest BCUT2D eigenvalue weighted by molar-refractivity contribution is 6.30. The van der Waals surface area contributed by atoms with Crippen molar-refractivity contribution in [1.82, 2.24) is 10.2 Å². The van der Waals surface area contributed by atoms with Gasteiger partial charge in [-0.3, -0.25) is 9.69 Å². The Kier molecular flexibility index (Phi) is 5.42. The van der Waals surface area contributed by atoms with Gasteiger partial charge in [-0.25, -0.2) is 4.39 Å². The summed E-state index contributed by atoms with van der Waals surface area (Å²) < 4.78 is 13.8. The average molecular weight is 329 g/mol. The summed E-state index contributed by atoms with van der Waals surface area (Å²) in [5.41, 5.74) is 0.781. The number of hydrogen-bond donors (Lipinski definition) is 2. The molecule has 122 valence electrons. The summed E-state index contributed by atoms with van der Waals surface area (Å²) in [6.45, 7) is 6.37. The van der Waals surface area contributed by atoms with Crippen LogP contribution in [0.3, 0.4) is 0 Å². The maximum Gasteiger partial charge on any atom is 0.248 e. The minimum atomic E-state index is -1.06. The Hall–Kier alpha value is -1.17. The van der Waals surface area contributed by atoms with Crippen molar-refractivity contribution in [1.29, 1.82) is 0 Å². The monoisotopic (exact) mass is 328 g/mol. The summed E-state index contributed by atoms with van der Waals surface area (Å²) in [4.78, 5) is 14.0. The molecule has 0 bridgehead atoms. The zero-order chi connectivity index (χ0) is 16.4. The number of halogens is 2. The summed E-state index contributed by atoms with van der Waals surface area (Å²) in [5.74, 6) is -0.870. The molecule has 1 saturated heterocycles. The van der Waals surface area contributed by atoms with Crippen LogP contribution in [0.2, 0.25) is 5.02 Å². The molecule has 1 aromatic carbocycles. The van der Waals surface area contributed by atoms with E-state index in [0.717, 1.165) is 18.5 Å². The summed E-state index contributed by atoms with van der Waals surface area (Å²) in [5, 5.41) is 12.3. The number of rotatable bonds is 4. The van der Waals surface area contributed by atoms with Crippen molar-refractivity contribution >= 4 is 17.5 Å². The average Bonchev–Trinajstić information content (AvgIpc) is 2.85. The van der Waals surface area contributed by atoms with Crippen molar-refractivity contribution in [2.75, 3.05) is 6.54 Å². The van der Waals surface area contributed by atoms with Crippen LogP contribution in [-0.2, 0) is 4.79 Å². The number of nitrogens with one attached hydrogen (secondary N) is 1. The van der Waals surface area contributed by atoms with Crippen LogP contribution in [0, 0.1) is 5.82 Å². The van der Waals surface area contributed by atoms with Gasteiger partial charge in [0, 0.05) is 18.6 Å². The topological polar surface area (TPSA) is 52.6 Å². The van der Waals surface area contributed by atoms with E-state index in [2.05, 4.69) is 24.1 Å². The predicted molar refractivity (Wildman–Crippen MR) is 84.2 cm³/mol. The van der Waals surface area contributed by atoms with Crippen molar-refractivity contribution in [3.8, 4) is 0 Å². The third kappa shape index (κ3) is 3.59. The smallest absolute Gasteiger partial charge is 0.248 e. The SMILES string of the molecule is CC(O)C(=O)NC1CCN(C(C)C)C1c1ccc(Cl)c(F)c1. The summed E-state index contributed by atoms with van der Waals surface area (Å²) >= 11 is 5.76. The highest BCUT2D eigenvalue weighted by Gasteiger charge is 2.38. The van der Waals surface area contributed by atoms with Crippen molar-refractivity contribution in [3.63, 3.8) is 0 Å². The lowest BCUT2D eigenvalue weighted by Crippen LogP contribution is -2.44. The summed E-state index contributed by atoms with van der Waals surface area (Å²) in [6, 6.07) is 4.72.